The molecule has 376 valence electrons. The van der Waals surface area contributed by atoms with Gasteiger partial charge in [-0.15, -0.1) is 0 Å². The smallest absolute Gasteiger partial charge is 0.182 e. The monoisotopic (exact) mass is 938 g/mol. The topological polar surface area (TPSA) is 258 Å². The van der Waals surface area contributed by atoms with Crippen LogP contribution in [-0.2, 0) is 9.53 Å². The zero-order valence-electron chi connectivity index (χ0n) is 40.2. The molecule has 0 aromatic rings. The molecule has 1 unspecified atom stereocenters. The molecule has 0 aromatic heterocycles. The summed E-state index contributed by atoms with van der Waals surface area (Å²) in [5, 5.41) is 115. The Morgan fingerprint density at radius 1 is 0.970 bits per heavy atom. The minimum absolute atomic E-state index is 0.0105. The molecule has 0 amide bonds. The molecule has 0 radical (unpaired) electrons. The maximum Gasteiger partial charge on any atom is 0.182 e. The van der Waals surface area contributed by atoms with E-state index >= 15 is 4.79 Å². The second-order valence-corrected chi connectivity index (χ2v) is 23.3. The number of ketones is 1. The summed E-state index contributed by atoms with van der Waals surface area (Å²) >= 11 is 0. The summed E-state index contributed by atoms with van der Waals surface area (Å²) in [4.78, 5) is 15.6. The van der Waals surface area contributed by atoms with Crippen molar-refractivity contribution in [3.05, 3.63) is 46.8 Å². The van der Waals surface area contributed by atoms with Gasteiger partial charge < -0.3 is 67.1 Å². The average Bonchev–Trinajstić information content (AvgIpc) is 3.61. The van der Waals surface area contributed by atoms with Crippen LogP contribution in [0.3, 0.4) is 0 Å². The molecule has 0 bridgehead atoms. The number of dihydropyridines is 1. The number of allylic oxidation sites excluding steroid dienone is 6. The lowest BCUT2D eigenvalue weighted by atomic mass is 9.40. The summed E-state index contributed by atoms with van der Waals surface area (Å²) < 4.78 is 7.02. The standard InChI is InChI=1S/C53H83N3O11/c1-4-7-30-10-14-34-40(16-11-30)67-48-43(34)37(60)9-5-19-53(48,66)49(3,64)41-18-20-52(65)45-44-32(26-51(41,52)21-23-58)13-12-31(33-15-17-42(54)56-36(33)8-6-22-57)25-50(44)27-39(62)38(61)24-35(50)47(63)46(45)55-28-29(2)59/h12-13,15,17,29-32,34-35,37-44,48,55-62,64-66H,4-11,14,16,18-28,54H2,1-3H3/t29-,30+,31-,32+,34+,35-,37-,38+,39-,40+,41+,42?,43+,44-,48+,49+,50-,51+,52+,53+/m0/s1. The maximum atomic E-state index is 15.6. The summed E-state index contributed by atoms with van der Waals surface area (Å²) in [6.45, 7) is 5.19. The first kappa shape index (κ1) is 49.8. The van der Waals surface area contributed by atoms with Gasteiger partial charge in [-0.2, -0.15) is 0 Å². The highest BCUT2D eigenvalue weighted by Crippen LogP contribution is 2.74. The van der Waals surface area contributed by atoms with Gasteiger partial charge >= 0.3 is 0 Å². The van der Waals surface area contributed by atoms with Crippen molar-refractivity contribution in [2.24, 2.45) is 63.9 Å². The van der Waals surface area contributed by atoms with Crippen molar-refractivity contribution in [1.29, 1.82) is 0 Å². The SMILES string of the molecule is CCC[C@@H]1CC[C@H]2[C@H]3[C@@H](O[C@@H]2CC1)[C@@](O)([C@](C)(O)[C@H]1CC[C@@]2(O)C4=C(NC[C@H](C)O)C(=O)[C@@H]5C[C@@H](O)[C@@H](O)C[C@@]56C[C@@H](C5=C(CCCO)NC(N)C=C5)C=C[C@H](C[C@]12CCO)[C@@H]46)CCC[C@@H]3O. The van der Waals surface area contributed by atoms with E-state index in [1.54, 1.807) is 13.8 Å². The number of rotatable bonds is 13. The van der Waals surface area contributed by atoms with E-state index in [4.69, 9.17) is 10.5 Å². The van der Waals surface area contributed by atoms with Crippen LogP contribution in [-0.4, -0.2) is 131 Å². The third-order valence-corrected chi connectivity index (χ3v) is 19.8. The molecule has 20 atom stereocenters. The number of carbonyl (C=O) groups excluding carboxylic acids is 1. The van der Waals surface area contributed by atoms with Gasteiger partial charge in [0.25, 0.3) is 0 Å². The Morgan fingerprint density at radius 2 is 1.75 bits per heavy atom. The Hall–Kier alpha value is -2.21. The first-order valence-corrected chi connectivity index (χ1v) is 26.3. The number of nitrogens with two attached hydrogens (primary N) is 1. The number of Topliss-reactive ketones (excluding diaryl/α,β-unsaturated/α-hetero) is 1. The van der Waals surface area contributed by atoms with Crippen LogP contribution in [0.2, 0.25) is 0 Å². The van der Waals surface area contributed by atoms with E-state index in [2.05, 4.69) is 29.7 Å². The fourth-order valence-corrected chi connectivity index (χ4v) is 17.0. The predicted octanol–water partition coefficient (Wildman–Crippen LogP) is 3.12. The van der Waals surface area contributed by atoms with Gasteiger partial charge in [-0.05, 0) is 162 Å². The lowest BCUT2D eigenvalue weighted by Crippen LogP contribution is -2.70. The summed E-state index contributed by atoms with van der Waals surface area (Å²) in [5.41, 5.74) is 1.11. The number of ether oxygens (including phenoxy) is 1. The maximum absolute atomic E-state index is 15.6. The van der Waals surface area contributed by atoms with Crippen molar-refractivity contribution >= 4 is 5.78 Å². The molecule has 0 aromatic carbocycles. The molecule has 9 aliphatic rings. The molecule has 14 heteroatoms. The summed E-state index contributed by atoms with van der Waals surface area (Å²) in [6, 6.07) is 0. The lowest BCUT2D eigenvalue weighted by Gasteiger charge is -2.65. The van der Waals surface area contributed by atoms with Crippen LogP contribution < -0.4 is 16.4 Å². The highest BCUT2D eigenvalue weighted by molar-refractivity contribution is 6.00. The van der Waals surface area contributed by atoms with Crippen LogP contribution in [0.5, 0.6) is 0 Å². The van der Waals surface area contributed by atoms with Gasteiger partial charge in [-0.25, -0.2) is 0 Å². The van der Waals surface area contributed by atoms with Gasteiger partial charge in [-0.3, -0.25) is 4.79 Å². The Labute approximate surface area is 397 Å². The minimum Gasteiger partial charge on any atom is -0.396 e. The minimum atomic E-state index is -1.90. The molecule has 14 nitrogen and oxygen atoms in total. The van der Waals surface area contributed by atoms with E-state index in [-0.39, 0.29) is 93.6 Å². The first-order valence-electron chi connectivity index (χ1n) is 26.3. The van der Waals surface area contributed by atoms with Crippen LogP contribution in [0.4, 0.5) is 0 Å². The molecule has 5 saturated carbocycles. The lowest BCUT2D eigenvalue weighted by molar-refractivity contribution is -0.259. The second kappa shape index (κ2) is 18.8. The van der Waals surface area contributed by atoms with Crippen LogP contribution >= 0.6 is 0 Å². The third kappa shape index (κ3) is 7.88. The fourth-order valence-electron chi connectivity index (χ4n) is 17.0. The normalized spacial score (nSPS) is 47.3. The molecule has 2 aliphatic heterocycles. The zero-order chi connectivity index (χ0) is 47.8. The summed E-state index contributed by atoms with van der Waals surface area (Å²) in [5.74, 6) is -2.81. The molecule has 13 N–H and O–H groups in total. The molecule has 1 saturated heterocycles. The molecule has 6 fully saturated rings. The number of nitrogens with one attached hydrogen (secondary N) is 2. The number of hydrogen-bond acceptors (Lipinski definition) is 14. The average molecular weight is 938 g/mol. The second-order valence-electron chi connectivity index (χ2n) is 23.3. The van der Waals surface area contributed by atoms with E-state index in [0.717, 1.165) is 49.8 Å². The summed E-state index contributed by atoms with van der Waals surface area (Å²) in [6.07, 6.45) is 12.4. The van der Waals surface area contributed by atoms with E-state index < -0.39 is 88.0 Å². The Morgan fingerprint density at radius 3 is 2.48 bits per heavy atom. The summed E-state index contributed by atoms with van der Waals surface area (Å²) in [7, 11) is 0. The largest absolute Gasteiger partial charge is 0.396 e. The quantitative estimate of drug-likeness (QED) is 0.119. The molecule has 9 rings (SSSR count). The molecular weight excluding hydrogens is 855 g/mol. The third-order valence-electron chi connectivity index (χ3n) is 19.8. The van der Waals surface area contributed by atoms with Crippen LogP contribution in [0.15, 0.2) is 46.8 Å². The van der Waals surface area contributed by atoms with E-state index in [1.807, 2.05) is 12.2 Å². The number of hydrogen-bond donors (Lipinski definition) is 12. The Bertz CT molecular complexity index is 1970. The van der Waals surface area contributed by atoms with Gasteiger partial charge in [0.15, 0.2) is 5.78 Å². The molecule has 1 spiro atoms. The number of fused-ring (bicyclic) bond motifs is 5. The van der Waals surface area contributed by atoms with Crippen LogP contribution in [0.1, 0.15) is 136 Å². The Balaban J connectivity index is 1.20. The van der Waals surface area contributed by atoms with Crippen molar-refractivity contribution in [3.63, 3.8) is 0 Å². The van der Waals surface area contributed by atoms with Crippen molar-refractivity contribution in [2.75, 3.05) is 19.8 Å². The van der Waals surface area contributed by atoms with Crippen molar-refractivity contribution < 1.29 is 55.5 Å². The molecule has 67 heavy (non-hydrogen) atoms. The molecule has 2 heterocycles. The highest BCUT2D eigenvalue weighted by atomic mass is 16.5. The predicted molar refractivity (Wildman–Crippen MR) is 251 cm³/mol. The van der Waals surface area contributed by atoms with E-state index in [1.165, 1.54) is 0 Å². The molecular formula is C53H83N3O11. The zero-order valence-corrected chi connectivity index (χ0v) is 40.2. The van der Waals surface area contributed by atoms with E-state index in [0.29, 0.717) is 50.0 Å². The number of aliphatic hydroxyl groups is 9. The van der Waals surface area contributed by atoms with Crippen molar-refractivity contribution in [2.45, 2.75) is 196 Å². The fraction of sp³-hybridized carbons (Fsp3) is 0.830. The van der Waals surface area contributed by atoms with Gasteiger partial charge in [0, 0.05) is 48.6 Å². The van der Waals surface area contributed by atoms with Gasteiger partial charge in [-0.1, -0.05) is 44.4 Å². The number of aliphatic hydroxyl groups excluding tert-OH is 6. The van der Waals surface area contributed by atoms with E-state index in [9.17, 15) is 46.0 Å². The van der Waals surface area contributed by atoms with Crippen molar-refractivity contribution in [1.82, 2.24) is 10.6 Å². The first-order chi connectivity index (χ1) is 31.9. The van der Waals surface area contributed by atoms with Crippen LogP contribution in [0, 0.1) is 58.2 Å². The van der Waals surface area contributed by atoms with Crippen molar-refractivity contribution in [3.8, 4) is 0 Å². The number of carbonyl (C=O) groups is 1. The molecule has 7 aliphatic carbocycles. The highest BCUT2D eigenvalue weighted by Gasteiger charge is 2.76. The Kier molecular flexibility index (Phi) is 13.9. The van der Waals surface area contributed by atoms with Gasteiger partial charge in [0.1, 0.15) is 5.60 Å². The van der Waals surface area contributed by atoms with Gasteiger partial charge in [0.05, 0.1) is 59.7 Å². The van der Waals surface area contributed by atoms with Gasteiger partial charge in [0.2, 0.25) is 0 Å². The van der Waals surface area contributed by atoms with Crippen LogP contribution in [0.25, 0.3) is 0 Å².